The van der Waals surface area contributed by atoms with Gasteiger partial charge in [-0.1, -0.05) is 31.5 Å². The summed E-state index contributed by atoms with van der Waals surface area (Å²) in [4.78, 5) is 12.5. The molecular formula is C18H20ClFN2O3S. The van der Waals surface area contributed by atoms with Crippen molar-refractivity contribution in [3.63, 3.8) is 0 Å². The molecule has 0 atom stereocenters. The molecule has 5 nitrogen and oxygen atoms in total. The fraction of sp³-hybridized carbons (Fsp3) is 0.278. The molecule has 0 radical (unpaired) electrons. The number of hydrogen-bond acceptors (Lipinski definition) is 3. The topological polar surface area (TPSA) is 66.5 Å². The van der Waals surface area contributed by atoms with Crippen LogP contribution in [0.3, 0.4) is 0 Å². The summed E-state index contributed by atoms with van der Waals surface area (Å²) in [7, 11) is -3.72. The molecule has 0 bridgehead atoms. The molecule has 0 fully saturated rings. The van der Waals surface area contributed by atoms with Gasteiger partial charge >= 0.3 is 0 Å². The number of nitrogens with one attached hydrogen (secondary N) is 1. The van der Waals surface area contributed by atoms with E-state index in [0.717, 1.165) is 6.07 Å². The minimum atomic E-state index is -3.72. The molecule has 1 N–H and O–H groups in total. The smallest absolute Gasteiger partial charge is 0.255 e. The molecule has 0 aliphatic carbocycles. The van der Waals surface area contributed by atoms with E-state index in [4.69, 9.17) is 11.6 Å². The Morgan fingerprint density at radius 3 is 2.42 bits per heavy atom. The predicted octanol–water partition coefficient (Wildman–Crippen LogP) is 4.07. The van der Waals surface area contributed by atoms with Gasteiger partial charge in [0, 0.05) is 23.7 Å². The maximum atomic E-state index is 13.8. The Balaban J connectivity index is 2.40. The van der Waals surface area contributed by atoms with Crippen molar-refractivity contribution in [3.8, 4) is 0 Å². The first-order valence-corrected chi connectivity index (χ1v) is 9.89. The van der Waals surface area contributed by atoms with E-state index in [2.05, 4.69) is 5.32 Å². The van der Waals surface area contributed by atoms with E-state index in [1.165, 1.54) is 28.6 Å². The number of amides is 1. The van der Waals surface area contributed by atoms with E-state index in [0.29, 0.717) is 18.7 Å². The highest BCUT2D eigenvalue weighted by molar-refractivity contribution is 7.89. The third kappa shape index (κ3) is 4.23. The van der Waals surface area contributed by atoms with Gasteiger partial charge in [-0.3, -0.25) is 4.79 Å². The molecule has 140 valence electrons. The van der Waals surface area contributed by atoms with Gasteiger partial charge in [-0.2, -0.15) is 4.31 Å². The lowest BCUT2D eigenvalue weighted by Crippen LogP contribution is -2.31. The van der Waals surface area contributed by atoms with Crippen LogP contribution in [0.15, 0.2) is 41.3 Å². The third-order valence-corrected chi connectivity index (χ3v) is 6.38. The molecule has 0 aliphatic heterocycles. The van der Waals surface area contributed by atoms with E-state index in [1.54, 1.807) is 26.8 Å². The summed E-state index contributed by atoms with van der Waals surface area (Å²) in [5, 5.41) is 2.69. The second-order valence-electron chi connectivity index (χ2n) is 5.65. The molecule has 2 aromatic carbocycles. The molecule has 8 heteroatoms. The van der Waals surface area contributed by atoms with Crippen LogP contribution < -0.4 is 5.32 Å². The molecule has 0 heterocycles. The number of carbonyl (C=O) groups excluding carboxylic acids is 1. The average Bonchev–Trinajstić information content (AvgIpc) is 2.59. The highest BCUT2D eigenvalue weighted by Gasteiger charge is 2.24. The van der Waals surface area contributed by atoms with Gasteiger partial charge in [-0.25, -0.2) is 12.8 Å². The second-order valence-corrected chi connectivity index (χ2v) is 7.99. The maximum Gasteiger partial charge on any atom is 0.255 e. The van der Waals surface area contributed by atoms with Gasteiger partial charge in [0.2, 0.25) is 10.0 Å². The van der Waals surface area contributed by atoms with Crippen LogP contribution in [0.1, 0.15) is 29.8 Å². The Morgan fingerprint density at radius 1 is 1.15 bits per heavy atom. The first-order chi connectivity index (χ1) is 12.2. The van der Waals surface area contributed by atoms with Gasteiger partial charge < -0.3 is 5.32 Å². The molecular weight excluding hydrogens is 379 g/mol. The van der Waals surface area contributed by atoms with Crippen molar-refractivity contribution >= 4 is 33.2 Å². The number of sulfonamides is 1. The fourth-order valence-corrected chi connectivity index (χ4v) is 4.39. The van der Waals surface area contributed by atoms with Gasteiger partial charge in [0.25, 0.3) is 5.91 Å². The molecule has 0 unspecified atom stereocenters. The number of rotatable bonds is 6. The van der Waals surface area contributed by atoms with Crippen molar-refractivity contribution in [1.82, 2.24) is 4.31 Å². The zero-order valence-electron chi connectivity index (χ0n) is 14.7. The Bertz CT molecular complexity index is 928. The Hall–Kier alpha value is -1.96. The van der Waals surface area contributed by atoms with Crippen molar-refractivity contribution in [2.45, 2.75) is 25.7 Å². The summed E-state index contributed by atoms with van der Waals surface area (Å²) in [5.74, 6) is -1.26. The zero-order chi connectivity index (χ0) is 19.5. The molecule has 2 aromatic rings. The van der Waals surface area contributed by atoms with Crippen LogP contribution in [0.2, 0.25) is 5.02 Å². The number of anilines is 1. The summed E-state index contributed by atoms with van der Waals surface area (Å²) in [5.41, 5.74) is 0.569. The summed E-state index contributed by atoms with van der Waals surface area (Å²) in [6.07, 6.45) is 0. The molecule has 0 spiro atoms. The summed E-state index contributed by atoms with van der Waals surface area (Å²) < 4.78 is 40.6. The lowest BCUT2D eigenvalue weighted by Gasteiger charge is -2.20. The first-order valence-electron chi connectivity index (χ1n) is 8.07. The van der Waals surface area contributed by atoms with Crippen LogP contribution in [0.4, 0.5) is 10.1 Å². The van der Waals surface area contributed by atoms with Crippen molar-refractivity contribution in [2.75, 3.05) is 18.4 Å². The first kappa shape index (κ1) is 20.4. The number of hydrogen-bond donors (Lipinski definition) is 1. The lowest BCUT2D eigenvalue weighted by molar-refractivity contribution is 0.102. The van der Waals surface area contributed by atoms with Crippen LogP contribution in [0.25, 0.3) is 0 Å². The molecule has 0 aliphatic rings. The monoisotopic (exact) mass is 398 g/mol. The number of aryl methyl sites for hydroxylation is 1. The lowest BCUT2D eigenvalue weighted by atomic mass is 10.1. The number of benzene rings is 2. The van der Waals surface area contributed by atoms with Crippen molar-refractivity contribution in [1.29, 1.82) is 0 Å². The van der Waals surface area contributed by atoms with Gasteiger partial charge in [0.1, 0.15) is 5.82 Å². The van der Waals surface area contributed by atoms with Crippen molar-refractivity contribution in [2.24, 2.45) is 0 Å². The van der Waals surface area contributed by atoms with E-state index in [-0.39, 0.29) is 21.2 Å². The Kier molecular flexibility index (Phi) is 6.39. The number of nitrogens with zero attached hydrogens (tertiary/aromatic N) is 1. The molecule has 1 amide bonds. The van der Waals surface area contributed by atoms with Gasteiger partial charge in [0.15, 0.2) is 0 Å². The molecule has 2 rings (SSSR count). The predicted molar refractivity (Wildman–Crippen MR) is 101 cm³/mol. The highest BCUT2D eigenvalue weighted by Crippen LogP contribution is 2.23. The van der Waals surface area contributed by atoms with Gasteiger partial charge in [0.05, 0.1) is 10.6 Å². The minimum Gasteiger partial charge on any atom is -0.319 e. The van der Waals surface area contributed by atoms with Crippen molar-refractivity contribution in [3.05, 3.63) is 58.4 Å². The van der Waals surface area contributed by atoms with E-state index in [1.807, 2.05) is 0 Å². The Labute approximate surface area is 157 Å². The molecule has 0 saturated carbocycles. The van der Waals surface area contributed by atoms with E-state index >= 15 is 0 Å². The quantitative estimate of drug-likeness (QED) is 0.797. The van der Waals surface area contributed by atoms with Crippen LogP contribution in [-0.4, -0.2) is 31.7 Å². The van der Waals surface area contributed by atoms with Crippen molar-refractivity contribution < 1.29 is 17.6 Å². The molecule has 26 heavy (non-hydrogen) atoms. The van der Waals surface area contributed by atoms with E-state index < -0.39 is 21.7 Å². The fourth-order valence-electron chi connectivity index (χ4n) is 2.51. The van der Waals surface area contributed by atoms with E-state index in [9.17, 15) is 17.6 Å². The van der Waals surface area contributed by atoms with Crippen LogP contribution >= 0.6 is 11.6 Å². The average molecular weight is 399 g/mol. The molecule has 0 aromatic heterocycles. The summed E-state index contributed by atoms with van der Waals surface area (Å²) in [6, 6.07) is 8.15. The second kappa shape index (κ2) is 8.16. The van der Waals surface area contributed by atoms with Crippen LogP contribution in [-0.2, 0) is 10.0 Å². The van der Waals surface area contributed by atoms with Crippen LogP contribution in [0.5, 0.6) is 0 Å². The molecule has 0 saturated heterocycles. The highest BCUT2D eigenvalue weighted by atomic mass is 35.5. The zero-order valence-corrected chi connectivity index (χ0v) is 16.3. The van der Waals surface area contributed by atoms with Crippen LogP contribution in [0, 0.1) is 12.7 Å². The van der Waals surface area contributed by atoms with Gasteiger partial charge in [-0.05, 0) is 42.8 Å². The normalized spacial score (nSPS) is 11.6. The third-order valence-electron chi connectivity index (χ3n) is 3.95. The minimum absolute atomic E-state index is 0.0559. The summed E-state index contributed by atoms with van der Waals surface area (Å²) >= 11 is 5.82. The maximum absolute atomic E-state index is 13.8. The number of carbonyl (C=O) groups is 1. The standard InChI is InChI=1S/C18H20ClFN2O3S/c1-4-22(5-2)26(24,25)17-10-13(7-6-12(17)3)18(23)21-16-11-14(19)8-9-15(16)20/h6-11H,4-5H2,1-3H3,(H,21,23). The Morgan fingerprint density at radius 2 is 1.81 bits per heavy atom. The number of halogens is 2. The summed E-state index contributed by atoms with van der Waals surface area (Å²) in [6.45, 7) is 5.79. The SMILES string of the molecule is CCN(CC)S(=O)(=O)c1cc(C(=O)Nc2cc(Cl)ccc2F)ccc1C. The largest absolute Gasteiger partial charge is 0.319 e. The van der Waals surface area contributed by atoms with Gasteiger partial charge in [-0.15, -0.1) is 0 Å².